The van der Waals surface area contributed by atoms with E-state index in [1.54, 1.807) is 41.6 Å². The minimum atomic E-state index is -3.89. The van der Waals surface area contributed by atoms with Crippen molar-refractivity contribution in [3.05, 3.63) is 66.9 Å². The van der Waals surface area contributed by atoms with Gasteiger partial charge in [0.2, 0.25) is 15.9 Å². The maximum atomic E-state index is 13.3. The van der Waals surface area contributed by atoms with E-state index in [0.29, 0.717) is 37.7 Å². The Hall–Kier alpha value is -3.10. The first-order chi connectivity index (χ1) is 16.4. The largest absolute Gasteiger partial charge is 0.341 e. The Morgan fingerprint density at radius 3 is 2.59 bits per heavy atom. The van der Waals surface area contributed by atoms with Gasteiger partial charge in [-0.2, -0.15) is 4.72 Å². The van der Waals surface area contributed by atoms with Crippen molar-refractivity contribution in [2.45, 2.75) is 43.5 Å². The van der Waals surface area contributed by atoms with Crippen LogP contribution in [0.4, 0.5) is 5.82 Å². The van der Waals surface area contributed by atoms with Crippen LogP contribution in [0.3, 0.4) is 0 Å². The Morgan fingerprint density at radius 1 is 1.12 bits per heavy atom. The Bertz CT molecular complexity index is 1250. The van der Waals surface area contributed by atoms with Gasteiger partial charge in [-0.3, -0.25) is 4.79 Å². The molecule has 3 aromatic rings. The highest BCUT2D eigenvalue weighted by Crippen LogP contribution is 2.21. The van der Waals surface area contributed by atoms with Crippen molar-refractivity contribution in [2.24, 2.45) is 10.9 Å². The van der Waals surface area contributed by atoms with Gasteiger partial charge in [-0.1, -0.05) is 43.3 Å². The number of hydrogen-bond acceptors (Lipinski definition) is 5. The van der Waals surface area contributed by atoms with E-state index >= 15 is 0 Å². The van der Waals surface area contributed by atoms with E-state index in [2.05, 4.69) is 21.6 Å². The lowest BCUT2D eigenvalue weighted by Gasteiger charge is -2.33. The normalized spacial score (nSPS) is 16.2. The van der Waals surface area contributed by atoms with E-state index in [-0.39, 0.29) is 10.8 Å². The second kappa shape index (κ2) is 10.9. The van der Waals surface area contributed by atoms with Crippen molar-refractivity contribution in [3.8, 4) is 0 Å². The lowest BCUT2D eigenvalue weighted by atomic mass is 9.98. The first-order valence-corrected chi connectivity index (χ1v) is 13.1. The number of aliphatic imine (C=N–C) groups is 1. The van der Waals surface area contributed by atoms with Crippen molar-refractivity contribution in [3.63, 3.8) is 0 Å². The van der Waals surface area contributed by atoms with Crippen molar-refractivity contribution in [2.75, 3.05) is 13.1 Å². The van der Waals surface area contributed by atoms with Crippen molar-refractivity contribution >= 4 is 38.7 Å². The molecular formula is C26H30N4O3S. The van der Waals surface area contributed by atoms with E-state index in [1.165, 1.54) is 0 Å². The standard InChI is InChI=1S/C26H30N4O3S/c1-20-13-17-30(18-14-20)26(31)24(9-6-16-28-25-10-4-5-15-27-25)29-34(32,33)23-12-11-21-7-2-3-8-22(21)19-23/h2-5,7-8,10-12,15-16,19-20,24,29H,6,9,13-14,17-18H2,1H3/t24-/m0/s1. The van der Waals surface area contributed by atoms with Crippen LogP contribution >= 0.6 is 0 Å². The predicted molar refractivity (Wildman–Crippen MR) is 135 cm³/mol. The summed E-state index contributed by atoms with van der Waals surface area (Å²) in [6.07, 6.45) is 5.96. The van der Waals surface area contributed by atoms with Gasteiger partial charge >= 0.3 is 0 Å². The van der Waals surface area contributed by atoms with E-state index in [9.17, 15) is 13.2 Å². The van der Waals surface area contributed by atoms with Gasteiger partial charge in [0.05, 0.1) is 4.90 Å². The third kappa shape index (κ3) is 6.07. The lowest BCUT2D eigenvalue weighted by Crippen LogP contribution is -2.50. The van der Waals surface area contributed by atoms with Crippen molar-refractivity contribution < 1.29 is 13.2 Å². The van der Waals surface area contributed by atoms with Crippen molar-refractivity contribution in [1.29, 1.82) is 0 Å². The summed E-state index contributed by atoms with van der Waals surface area (Å²) >= 11 is 0. The fourth-order valence-corrected chi connectivity index (χ4v) is 5.36. The quantitative estimate of drug-likeness (QED) is 0.488. The van der Waals surface area contributed by atoms with Gasteiger partial charge in [-0.05, 0) is 66.6 Å². The summed E-state index contributed by atoms with van der Waals surface area (Å²) < 4.78 is 29.2. The van der Waals surface area contributed by atoms with E-state index in [0.717, 1.165) is 23.6 Å². The number of pyridine rings is 1. The SMILES string of the molecule is CC1CCN(C(=O)[C@H](CCC=Nc2ccccn2)NS(=O)(=O)c2ccc3ccccc3c2)CC1. The molecule has 0 bridgehead atoms. The summed E-state index contributed by atoms with van der Waals surface area (Å²) in [4.78, 5) is 23.7. The molecule has 7 nitrogen and oxygen atoms in total. The van der Waals surface area contributed by atoms with Crippen LogP contribution in [0, 0.1) is 5.92 Å². The molecule has 1 aliphatic heterocycles. The molecule has 2 aromatic carbocycles. The maximum absolute atomic E-state index is 13.3. The summed E-state index contributed by atoms with van der Waals surface area (Å²) in [6.45, 7) is 3.47. The van der Waals surface area contributed by atoms with Gasteiger partial charge in [0.15, 0.2) is 5.82 Å². The Labute approximate surface area is 201 Å². The molecule has 1 saturated heterocycles. The van der Waals surface area contributed by atoms with Gasteiger partial charge in [-0.25, -0.2) is 18.4 Å². The topological polar surface area (TPSA) is 91.7 Å². The summed E-state index contributed by atoms with van der Waals surface area (Å²) in [5.74, 6) is 0.969. The molecule has 0 unspecified atom stereocenters. The van der Waals surface area contributed by atoms with Crippen LogP contribution in [0.25, 0.3) is 10.8 Å². The number of benzene rings is 2. The van der Waals surface area contributed by atoms with Gasteiger partial charge < -0.3 is 4.90 Å². The molecule has 1 atom stereocenters. The van der Waals surface area contributed by atoms with Crippen LogP contribution in [-0.2, 0) is 14.8 Å². The monoisotopic (exact) mass is 478 g/mol. The molecule has 1 fully saturated rings. The average Bonchev–Trinajstić information content (AvgIpc) is 2.86. The number of hydrogen-bond donors (Lipinski definition) is 1. The fraction of sp³-hybridized carbons (Fsp3) is 0.346. The zero-order valence-corrected chi connectivity index (χ0v) is 20.1. The Kier molecular flexibility index (Phi) is 7.70. The number of carbonyl (C=O) groups excluding carboxylic acids is 1. The molecule has 0 saturated carbocycles. The van der Waals surface area contributed by atoms with Crippen LogP contribution in [0.1, 0.15) is 32.6 Å². The Balaban J connectivity index is 1.51. The summed E-state index contributed by atoms with van der Waals surface area (Å²) in [5, 5.41) is 1.79. The molecule has 1 N–H and O–H groups in total. The smallest absolute Gasteiger partial charge is 0.241 e. The summed E-state index contributed by atoms with van der Waals surface area (Å²) in [7, 11) is -3.89. The number of sulfonamides is 1. The molecule has 1 amide bonds. The highest BCUT2D eigenvalue weighted by molar-refractivity contribution is 7.89. The van der Waals surface area contributed by atoms with Crippen molar-refractivity contribution in [1.82, 2.24) is 14.6 Å². The second-order valence-corrected chi connectivity index (χ2v) is 10.5. The molecule has 4 rings (SSSR count). The number of rotatable bonds is 8. The molecule has 1 aliphatic rings. The maximum Gasteiger partial charge on any atom is 0.241 e. The number of likely N-dealkylation sites (tertiary alicyclic amines) is 1. The van der Waals surface area contributed by atoms with Crippen LogP contribution in [-0.4, -0.2) is 49.6 Å². The number of piperidine rings is 1. The van der Waals surface area contributed by atoms with Crippen LogP contribution in [0.15, 0.2) is 76.7 Å². The molecule has 2 heterocycles. The number of carbonyl (C=O) groups is 1. The zero-order valence-electron chi connectivity index (χ0n) is 19.3. The third-order valence-corrected chi connectivity index (χ3v) is 7.65. The zero-order chi connectivity index (χ0) is 24.0. The van der Waals surface area contributed by atoms with Gasteiger partial charge in [0.1, 0.15) is 6.04 Å². The summed E-state index contributed by atoms with van der Waals surface area (Å²) in [6, 6.07) is 17.2. The predicted octanol–water partition coefficient (Wildman–Crippen LogP) is 4.32. The molecular weight excluding hydrogens is 448 g/mol. The minimum Gasteiger partial charge on any atom is -0.341 e. The Morgan fingerprint density at radius 2 is 1.85 bits per heavy atom. The second-order valence-electron chi connectivity index (χ2n) is 8.77. The van der Waals surface area contributed by atoms with Crippen LogP contribution < -0.4 is 4.72 Å². The van der Waals surface area contributed by atoms with E-state index in [1.807, 2.05) is 36.4 Å². The molecule has 178 valence electrons. The molecule has 0 spiro atoms. The first-order valence-electron chi connectivity index (χ1n) is 11.7. The fourth-order valence-electron chi connectivity index (χ4n) is 4.10. The van der Waals surface area contributed by atoms with E-state index < -0.39 is 16.1 Å². The molecule has 8 heteroatoms. The number of amides is 1. The first kappa shape index (κ1) is 24.0. The van der Waals surface area contributed by atoms with E-state index in [4.69, 9.17) is 0 Å². The van der Waals surface area contributed by atoms with Gasteiger partial charge in [0.25, 0.3) is 0 Å². The molecule has 0 radical (unpaired) electrons. The number of aromatic nitrogens is 1. The highest BCUT2D eigenvalue weighted by atomic mass is 32.2. The summed E-state index contributed by atoms with van der Waals surface area (Å²) in [5.41, 5.74) is 0. The number of fused-ring (bicyclic) bond motifs is 1. The number of nitrogens with one attached hydrogen (secondary N) is 1. The lowest BCUT2D eigenvalue weighted by molar-refractivity contribution is -0.134. The van der Waals surface area contributed by atoms with Crippen LogP contribution in [0.5, 0.6) is 0 Å². The minimum absolute atomic E-state index is 0.151. The average molecular weight is 479 g/mol. The highest BCUT2D eigenvalue weighted by Gasteiger charge is 2.30. The van der Waals surface area contributed by atoms with Crippen LogP contribution in [0.2, 0.25) is 0 Å². The molecule has 0 aliphatic carbocycles. The molecule has 34 heavy (non-hydrogen) atoms. The van der Waals surface area contributed by atoms with Gasteiger partial charge in [0, 0.05) is 25.5 Å². The third-order valence-electron chi connectivity index (χ3n) is 6.18. The molecule has 1 aromatic heterocycles. The number of nitrogens with zero attached hydrogens (tertiary/aromatic N) is 3. The van der Waals surface area contributed by atoms with Gasteiger partial charge in [-0.15, -0.1) is 0 Å².